The molecular formula is C21H36N2O. The molecule has 3 heteroatoms. The van der Waals surface area contributed by atoms with Crippen LogP contribution in [-0.2, 0) is 4.79 Å². The average Bonchev–Trinajstić information content (AvgIpc) is 2.99. The van der Waals surface area contributed by atoms with Crippen LogP contribution in [0.25, 0.3) is 0 Å². The van der Waals surface area contributed by atoms with Gasteiger partial charge in [-0.1, -0.05) is 66.0 Å². The minimum atomic E-state index is -0.0851. The number of hydrogen-bond acceptors (Lipinski definition) is 2. The van der Waals surface area contributed by atoms with E-state index in [4.69, 9.17) is 0 Å². The molecule has 0 bridgehead atoms. The molecule has 1 amide bonds. The first-order valence-electron chi connectivity index (χ1n) is 9.16. The predicted octanol–water partition coefficient (Wildman–Crippen LogP) is 4.67. The number of amides is 1. The van der Waals surface area contributed by atoms with Crippen molar-refractivity contribution in [2.75, 3.05) is 6.54 Å². The minimum absolute atomic E-state index is 0.0851. The maximum Gasteiger partial charge on any atom is 0.242 e. The maximum atomic E-state index is 12.9. The quantitative estimate of drug-likeness (QED) is 0.655. The molecule has 0 spiro atoms. The Bertz CT molecular complexity index is 487. The zero-order chi connectivity index (χ0) is 18.5. The van der Waals surface area contributed by atoms with E-state index in [1.807, 2.05) is 0 Å². The normalized spacial score (nSPS) is 20.4. The fourth-order valence-electron chi connectivity index (χ4n) is 3.44. The van der Waals surface area contributed by atoms with Crippen LogP contribution in [0.1, 0.15) is 60.3 Å². The zero-order valence-electron chi connectivity index (χ0n) is 16.3. The number of nitrogens with one attached hydrogen (secondary N) is 1. The molecule has 0 radical (unpaired) electrons. The van der Waals surface area contributed by atoms with Crippen LogP contribution in [0.15, 0.2) is 37.1 Å². The van der Waals surface area contributed by atoms with E-state index in [9.17, 15) is 4.79 Å². The molecule has 0 aromatic rings. The van der Waals surface area contributed by atoms with Gasteiger partial charge in [-0.25, -0.2) is 0 Å². The number of likely N-dealkylation sites (tertiary alicyclic amines) is 1. The average molecular weight is 333 g/mol. The summed E-state index contributed by atoms with van der Waals surface area (Å²) in [6, 6.07) is 0.0134. The van der Waals surface area contributed by atoms with Gasteiger partial charge in [0.2, 0.25) is 5.91 Å². The number of hydrogen-bond donors (Lipinski definition) is 1. The van der Waals surface area contributed by atoms with Crippen molar-refractivity contribution >= 4 is 5.91 Å². The van der Waals surface area contributed by atoms with Gasteiger partial charge in [0, 0.05) is 24.2 Å². The van der Waals surface area contributed by atoms with Crippen LogP contribution in [0.4, 0.5) is 0 Å². The van der Waals surface area contributed by atoms with Gasteiger partial charge in [-0.2, -0.15) is 0 Å². The predicted molar refractivity (Wildman–Crippen MR) is 104 cm³/mol. The molecule has 0 aromatic heterocycles. The van der Waals surface area contributed by atoms with Crippen LogP contribution >= 0.6 is 0 Å². The van der Waals surface area contributed by atoms with Crippen molar-refractivity contribution in [3.63, 3.8) is 0 Å². The molecule has 24 heavy (non-hydrogen) atoms. The van der Waals surface area contributed by atoms with E-state index >= 15 is 0 Å². The van der Waals surface area contributed by atoms with Gasteiger partial charge in [0.15, 0.2) is 0 Å². The molecule has 1 unspecified atom stereocenters. The van der Waals surface area contributed by atoms with Gasteiger partial charge in [0.05, 0.1) is 0 Å². The third-order valence-corrected chi connectivity index (χ3v) is 4.91. The Balaban J connectivity index is 2.76. The van der Waals surface area contributed by atoms with Gasteiger partial charge in [0.25, 0.3) is 0 Å². The van der Waals surface area contributed by atoms with Crippen molar-refractivity contribution in [1.29, 1.82) is 0 Å². The molecular weight excluding hydrogens is 296 g/mol. The highest BCUT2D eigenvalue weighted by Gasteiger charge is 2.34. The number of carbonyl (C=O) groups is 1. The number of carbonyl (C=O) groups excluding carboxylic acids is 1. The van der Waals surface area contributed by atoms with Crippen molar-refractivity contribution < 1.29 is 4.79 Å². The van der Waals surface area contributed by atoms with Crippen LogP contribution in [0.5, 0.6) is 0 Å². The summed E-state index contributed by atoms with van der Waals surface area (Å²) in [6.45, 7) is 23.8. The van der Waals surface area contributed by atoms with Gasteiger partial charge in [-0.3, -0.25) is 4.79 Å². The highest BCUT2D eigenvalue weighted by atomic mass is 16.2. The maximum absolute atomic E-state index is 12.9. The highest BCUT2D eigenvalue weighted by Crippen LogP contribution is 2.30. The number of nitrogens with zero attached hydrogens (tertiary/aromatic N) is 1. The van der Waals surface area contributed by atoms with Gasteiger partial charge in [0.1, 0.15) is 6.04 Å². The lowest BCUT2D eigenvalue weighted by atomic mass is 9.90. The van der Waals surface area contributed by atoms with E-state index < -0.39 is 0 Å². The van der Waals surface area contributed by atoms with Crippen LogP contribution in [-0.4, -0.2) is 29.4 Å². The van der Waals surface area contributed by atoms with Crippen LogP contribution in [0.3, 0.4) is 0 Å². The first-order chi connectivity index (χ1) is 11.1. The van der Waals surface area contributed by atoms with Crippen molar-refractivity contribution in [2.45, 2.75) is 72.4 Å². The lowest BCUT2D eigenvalue weighted by Crippen LogP contribution is -2.48. The lowest BCUT2D eigenvalue weighted by Gasteiger charge is -2.33. The molecule has 1 rings (SSSR count). The first-order valence-corrected chi connectivity index (χ1v) is 9.16. The van der Waals surface area contributed by atoms with Crippen LogP contribution in [0, 0.1) is 11.3 Å². The SMILES string of the molecule is C=CC(=C)[C@H](C)C(CC)NC(=O)[C@@H]1CCCN1C(=C)CC(C)(C)C. The summed E-state index contributed by atoms with van der Waals surface area (Å²) in [7, 11) is 0. The Morgan fingerprint density at radius 2 is 2.00 bits per heavy atom. The lowest BCUT2D eigenvalue weighted by molar-refractivity contribution is -0.126. The van der Waals surface area contributed by atoms with E-state index in [1.54, 1.807) is 6.08 Å². The fraction of sp³-hybridized carbons (Fsp3) is 0.667. The van der Waals surface area contributed by atoms with E-state index in [0.717, 1.165) is 43.5 Å². The molecule has 1 aliphatic heterocycles. The summed E-state index contributed by atoms with van der Waals surface area (Å²) >= 11 is 0. The van der Waals surface area contributed by atoms with Crippen molar-refractivity contribution in [3.8, 4) is 0 Å². The molecule has 1 aliphatic rings. The van der Waals surface area contributed by atoms with E-state index in [2.05, 4.69) is 64.6 Å². The van der Waals surface area contributed by atoms with Gasteiger partial charge >= 0.3 is 0 Å². The fourth-order valence-corrected chi connectivity index (χ4v) is 3.44. The molecule has 136 valence electrons. The van der Waals surface area contributed by atoms with Crippen LogP contribution < -0.4 is 5.32 Å². The third-order valence-electron chi connectivity index (χ3n) is 4.91. The number of rotatable bonds is 8. The van der Waals surface area contributed by atoms with Gasteiger partial charge in [-0.05, 0) is 31.1 Å². The van der Waals surface area contributed by atoms with E-state index in [-0.39, 0.29) is 29.3 Å². The summed E-state index contributed by atoms with van der Waals surface area (Å²) in [6.07, 6.45) is 5.54. The second-order valence-electron chi connectivity index (χ2n) is 8.25. The summed E-state index contributed by atoms with van der Waals surface area (Å²) in [5.74, 6) is 0.321. The molecule has 0 aliphatic carbocycles. The zero-order valence-corrected chi connectivity index (χ0v) is 16.3. The van der Waals surface area contributed by atoms with Gasteiger partial charge in [-0.15, -0.1) is 0 Å². The summed E-state index contributed by atoms with van der Waals surface area (Å²) < 4.78 is 0. The van der Waals surface area contributed by atoms with E-state index in [0.29, 0.717) is 0 Å². The van der Waals surface area contributed by atoms with Gasteiger partial charge < -0.3 is 10.2 Å². The molecule has 3 atom stereocenters. The largest absolute Gasteiger partial charge is 0.363 e. The second-order valence-corrected chi connectivity index (χ2v) is 8.25. The minimum Gasteiger partial charge on any atom is -0.363 e. The smallest absolute Gasteiger partial charge is 0.242 e. The van der Waals surface area contributed by atoms with Crippen molar-refractivity contribution in [2.24, 2.45) is 11.3 Å². The Morgan fingerprint density at radius 1 is 1.38 bits per heavy atom. The molecule has 1 N–H and O–H groups in total. The summed E-state index contributed by atoms with van der Waals surface area (Å²) in [5.41, 5.74) is 2.24. The standard InChI is InChI=1S/C21H36N2O/c1-9-15(3)17(5)18(10-2)22-20(24)19-12-11-13-23(19)16(4)14-21(6,7)8/h9,17-19H,1,3-4,10-14H2,2,5-8H3,(H,22,24)/t17-,18?,19-/m0/s1. The Kier molecular flexibility index (Phi) is 7.31. The molecule has 0 aromatic carbocycles. The van der Waals surface area contributed by atoms with Crippen molar-refractivity contribution in [3.05, 3.63) is 37.1 Å². The highest BCUT2D eigenvalue weighted by molar-refractivity contribution is 5.82. The third kappa shape index (κ3) is 5.54. The summed E-state index contributed by atoms with van der Waals surface area (Å²) in [4.78, 5) is 15.1. The Labute approximate surface area is 148 Å². The van der Waals surface area contributed by atoms with Crippen molar-refractivity contribution in [1.82, 2.24) is 10.2 Å². The molecule has 3 nitrogen and oxygen atoms in total. The van der Waals surface area contributed by atoms with E-state index in [1.165, 1.54) is 0 Å². The monoisotopic (exact) mass is 332 g/mol. The molecule has 1 fully saturated rings. The van der Waals surface area contributed by atoms with Crippen LogP contribution in [0.2, 0.25) is 0 Å². The Morgan fingerprint density at radius 3 is 2.50 bits per heavy atom. The second kappa shape index (κ2) is 8.55. The molecule has 1 saturated heterocycles. The molecule has 0 saturated carbocycles. The number of allylic oxidation sites excluding steroid dienone is 2. The topological polar surface area (TPSA) is 32.3 Å². The first kappa shape index (κ1) is 20.5. The molecule has 1 heterocycles. The summed E-state index contributed by atoms with van der Waals surface area (Å²) in [5, 5.41) is 3.24. The Hall–Kier alpha value is -1.51.